The number of carbonyl (C=O) groups excluding carboxylic acids is 2. The fourth-order valence-corrected chi connectivity index (χ4v) is 7.92. The summed E-state index contributed by atoms with van der Waals surface area (Å²) in [6, 6.07) is -0.646. The molecule has 0 radical (unpaired) electrons. The summed E-state index contributed by atoms with van der Waals surface area (Å²) >= 11 is 0. The van der Waals surface area contributed by atoms with E-state index in [1.165, 1.54) is 180 Å². The predicted molar refractivity (Wildman–Crippen MR) is 255 cm³/mol. The van der Waals surface area contributed by atoms with E-state index in [4.69, 9.17) is 4.74 Å². The molecule has 59 heavy (non-hydrogen) atoms. The fourth-order valence-electron chi connectivity index (χ4n) is 7.92. The number of unbranched alkanes of at least 4 members (excludes halogenated alkanes) is 35. The molecule has 0 heterocycles. The maximum Gasteiger partial charge on any atom is 0.305 e. The maximum atomic E-state index is 12.4. The van der Waals surface area contributed by atoms with Crippen LogP contribution in [-0.4, -0.2) is 47.4 Å². The Balaban J connectivity index is 3.49. The summed E-state index contributed by atoms with van der Waals surface area (Å²) in [7, 11) is 0. The van der Waals surface area contributed by atoms with Crippen molar-refractivity contribution in [3.8, 4) is 0 Å². The second-order valence-electron chi connectivity index (χ2n) is 17.9. The van der Waals surface area contributed by atoms with Crippen LogP contribution in [0.1, 0.15) is 277 Å². The van der Waals surface area contributed by atoms with Crippen molar-refractivity contribution in [1.29, 1.82) is 0 Å². The molecular weight excluding hydrogens is 731 g/mol. The molecule has 0 spiro atoms. The lowest BCUT2D eigenvalue weighted by molar-refractivity contribution is -0.143. The summed E-state index contributed by atoms with van der Waals surface area (Å²) in [5.74, 6) is -0.109. The molecule has 0 saturated heterocycles. The lowest BCUT2D eigenvalue weighted by atomic mass is 10.0. The minimum absolute atomic E-state index is 0.0105. The summed E-state index contributed by atoms with van der Waals surface area (Å²) in [6.07, 6.45) is 57.5. The van der Waals surface area contributed by atoms with E-state index in [1.807, 2.05) is 6.08 Å². The molecule has 3 N–H and O–H groups in total. The quantitative estimate of drug-likeness (QED) is 0.0322. The van der Waals surface area contributed by atoms with E-state index in [1.54, 1.807) is 6.08 Å². The number of aliphatic hydroxyl groups excluding tert-OH is 2. The highest BCUT2D eigenvalue weighted by Gasteiger charge is 2.18. The molecule has 0 rings (SSSR count). The number of amides is 1. The number of hydrogen-bond donors (Lipinski definition) is 3. The van der Waals surface area contributed by atoms with Crippen molar-refractivity contribution in [1.82, 2.24) is 5.32 Å². The highest BCUT2D eigenvalue weighted by molar-refractivity contribution is 5.76. The Morgan fingerprint density at radius 3 is 1.22 bits per heavy atom. The highest BCUT2D eigenvalue weighted by atomic mass is 16.5. The van der Waals surface area contributed by atoms with Crippen molar-refractivity contribution >= 4 is 11.9 Å². The second-order valence-corrected chi connectivity index (χ2v) is 17.9. The summed E-state index contributed by atoms with van der Waals surface area (Å²) in [4.78, 5) is 24.4. The van der Waals surface area contributed by atoms with Crippen LogP contribution in [0.3, 0.4) is 0 Å². The first-order valence-electron chi connectivity index (χ1n) is 26.1. The first kappa shape index (κ1) is 57.3. The van der Waals surface area contributed by atoms with Crippen molar-refractivity contribution in [2.75, 3.05) is 13.2 Å². The molecular formula is C53H101NO5. The minimum Gasteiger partial charge on any atom is -0.466 e. The van der Waals surface area contributed by atoms with Gasteiger partial charge in [-0.15, -0.1) is 0 Å². The molecule has 0 aliphatic heterocycles. The molecule has 2 atom stereocenters. The third kappa shape index (κ3) is 45.7. The van der Waals surface area contributed by atoms with E-state index < -0.39 is 12.1 Å². The lowest BCUT2D eigenvalue weighted by Gasteiger charge is -2.19. The largest absolute Gasteiger partial charge is 0.466 e. The van der Waals surface area contributed by atoms with Gasteiger partial charge in [0.2, 0.25) is 5.91 Å². The standard InChI is InChI=1S/C53H101NO5/c1-3-5-7-9-11-13-15-17-18-19-20-23-27-31-35-39-43-47-53(58)59-48-44-40-36-32-28-24-21-22-26-30-34-38-42-46-52(57)54-50(49-55)51(56)45-41-37-33-29-25-16-14-12-10-8-6-4-2/h22,26,41,45,50-51,55-56H,3-21,23-25,27-40,42-44,46-49H2,1-2H3,(H,54,57)/b26-22-,45-41+. The van der Waals surface area contributed by atoms with Gasteiger partial charge < -0.3 is 20.3 Å². The highest BCUT2D eigenvalue weighted by Crippen LogP contribution is 2.16. The van der Waals surface area contributed by atoms with Crippen LogP contribution in [0.15, 0.2) is 24.3 Å². The van der Waals surface area contributed by atoms with Crippen LogP contribution >= 0.6 is 0 Å². The van der Waals surface area contributed by atoms with E-state index in [2.05, 4.69) is 31.3 Å². The predicted octanol–water partition coefficient (Wildman–Crippen LogP) is 15.5. The molecule has 0 aliphatic rings. The van der Waals surface area contributed by atoms with Gasteiger partial charge in [0.25, 0.3) is 0 Å². The minimum atomic E-state index is -0.859. The number of hydrogen-bond acceptors (Lipinski definition) is 5. The average Bonchev–Trinajstić information content (AvgIpc) is 3.24. The first-order chi connectivity index (χ1) is 29.0. The summed E-state index contributed by atoms with van der Waals surface area (Å²) in [6.45, 7) is 4.86. The maximum absolute atomic E-state index is 12.4. The molecule has 0 bridgehead atoms. The number of carbonyl (C=O) groups is 2. The molecule has 1 amide bonds. The lowest BCUT2D eigenvalue weighted by Crippen LogP contribution is -2.45. The van der Waals surface area contributed by atoms with Crippen LogP contribution in [0.5, 0.6) is 0 Å². The third-order valence-corrected chi connectivity index (χ3v) is 12.0. The van der Waals surface area contributed by atoms with Crippen molar-refractivity contribution < 1.29 is 24.5 Å². The van der Waals surface area contributed by atoms with Gasteiger partial charge in [-0.3, -0.25) is 9.59 Å². The molecule has 0 saturated carbocycles. The number of rotatable bonds is 48. The Morgan fingerprint density at radius 2 is 0.797 bits per heavy atom. The van der Waals surface area contributed by atoms with Crippen LogP contribution in [0.2, 0.25) is 0 Å². The molecule has 0 aromatic carbocycles. The molecule has 6 heteroatoms. The number of aliphatic hydroxyl groups is 2. The Hall–Kier alpha value is -1.66. The topological polar surface area (TPSA) is 95.9 Å². The van der Waals surface area contributed by atoms with Gasteiger partial charge in [-0.05, 0) is 57.8 Å². The van der Waals surface area contributed by atoms with Crippen LogP contribution in [-0.2, 0) is 14.3 Å². The fraction of sp³-hybridized carbons (Fsp3) is 0.887. The number of nitrogens with one attached hydrogen (secondary N) is 1. The SMILES string of the molecule is CCCCCCCCCCCC/C=C/C(O)C(CO)NC(=O)CCCCC/C=C\CCCCCCCCOC(=O)CCCCCCCCCCCCCCCCCCC. The van der Waals surface area contributed by atoms with E-state index >= 15 is 0 Å². The van der Waals surface area contributed by atoms with Crippen molar-refractivity contribution in [3.05, 3.63) is 24.3 Å². The molecule has 348 valence electrons. The second kappa shape index (κ2) is 49.0. The third-order valence-electron chi connectivity index (χ3n) is 12.0. The molecule has 0 aliphatic carbocycles. The zero-order valence-electron chi connectivity index (χ0n) is 39.5. The first-order valence-corrected chi connectivity index (χ1v) is 26.1. The van der Waals surface area contributed by atoms with Crippen LogP contribution in [0.25, 0.3) is 0 Å². The van der Waals surface area contributed by atoms with Crippen molar-refractivity contribution in [3.63, 3.8) is 0 Å². The van der Waals surface area contributed by atoms with Gasteiger partial charge in [0.05, 0.1) is 25.4 Å². The molecule has 0 aromatic heterocycles. The van der Waals surface area contributed by atoms with Gasteiger partial charge in [0.1, 0.15) is 0 Å². The van der Waals surface area contributed by atoms with Gasteiger partial charge in [-0.2, -0.15) is 0 Å². The summed E-state index contributed by atoms with van der Waals surface area (Å²) in [5.41, 5.74) is 0. The average molecular weight is 832 g/mol. The number of esters is 1. The Morgan fingerprint density at radius 1 is 0.458 bits per heavy atom. The van der Waals surface area contributed by atoms with E-state index in [0.717, 1.165) is 70.6 Å². The van der Waals surface area contributed by atoms with Gasteiger partial charge in [0, 0.05) is 12.8 Å². The Bertz CT molecular complexity index is 920. The van der Waals surface area contributed by atoms with Gasteiger partial charge in [0.15, 0.2) is 0 Å². The zero-order chi connectivity index (χ0) is 43.0. The van der Waals surface area contributed by atoms with E-state index in [-0.39, 0.29) is 18.5 Å². The van der Waals surface area contributed by atoms with E-state index in [9.17, 15) is 19.8 Å². The Kier molecular flexibility index (Phi) is 47.6. The molecule has 0 fully saturated rings. The van der Waals surface area contributed by atoms with Crippen molar-refractivity contribution in [2.24, 2.45) is 0 Å². The van der Waals surface area contributed by atoms with Crippen LogP contribution in [0.4, 0.5) is 0 Å². The molecule has 2 unspecified atom stereocenters. The monoisotopic (exact) mass is 832 g/mol. The smallest absolute Gasteiger partial charge is 0.305 e. The van der Waals surface area contributed by atoms with Gasteiger partial charge in [-0.1, -0.05) is 231 Å². The molecule has 0 aromatic rings. The van der Waals surface area contributed by atoms with Gasteiger partial charge >= 0.3 is 5.97 Å². The van der Waals surface area contributed by atoms with Gasteiger partial charge in [-0.25, -0.2) is 0 Å². The van der Waals surface area contributed by atoms with Crippen LogP contribution in [0, 0.1) is 0 Å². The zero-order valence-corrected chi connectivity index (χ0v) is 39.5. The number of ether oxygens (including phenoxy) is 1. The summed E-state index contributed by atoms with van der Waals surface area (Å²) < 4.78 is 5.47. The summed E-state index contributed by atoms with van der Waals surface area (Å²) in [5, 5.41) is 23.0. The number of allylic oxidation sites excluding steroid dienone is 3. The normalized spacial score (nSPS) is 12.8. The van der Waals surface area contributed by atoms with E-state index in [0.29, 0.717) is 19.4 Å². The Labute approximate surface area is 367 Å². The van der Waals surface area contributed by atoms with Crippen molar-refractivity contribution in [2.45, 2.75) is 289 Å². The molecule has 6 nitrogen and oxygen atoms in total. The van der Waals surface area contributed by atoms with Crippen LogP contribution < -0.4 is 5.32 Å².